The van der Waals surface area contributed by atoms with Crippen molar-refractivity contribution < 1.29 is 14.4 Å². The molecule has 0 bridgehead atoms. The molecule has 0 radical (unpaired) electrons. The fraction of sp³-hybridized carbons (Fsp3) is 0.375. The molecule has 162 valence electrons. The number of hydrogen-bond acceptors (Lipinski definition) is 4. The van der Waals surface area contributed by atoms with Crippen LogP contribution in [0.3, 0.4) is 0 Å². The highest BCUT2D eigenvalue weighted by atomic mass is 32.2. The van der Waals surface area contributed by atoms with E-state index in [0.717, 1.165) is 18.4 Å². The molecule has 2 aliphatic rings. The number of fused-ring (bicyclic) bond motifs is 3. The van der Waals surface area contributed by atoms with Crippen LogP contribution in [0.2, 0.25) is 0 Å². The second-order valence-corrected chi connectivity index (χ2v) is 9.28. The first-order valence-corrected chi connectivity index (χ1v) is 11.7. The van der Waals surface area contributed by atoms with Gasteiger partial charge in [0.2, 0.25) is 11.8 Å². The molecule has 4 unspecified atom stereocenters. The fourth-order valence-electron chi connectivity index (χ4n) is 4.09. The quantitative estimate of drug-likeness (QED) is 0.698. The molecule has 2 aromatic rings. The van der Waals surface area contributed by atoms with Crippen LogP contribution in [0.5, 0.6) is 0 Å². The van der Waals surface area contributed by atoms with E-state index in [1.807, 2.05) is 43.3 Å². The fourth-order valence-corrected chi connectivity index (χ4v) is 5.55. The Morgan fingerprint density at radius 2 is 1.77 bits per heavy atom. The van der Waals surface area contributed by atoms with Crippen molar-refractivity contribution in [1.82, 2.24) is 15.5 Å². The first-order valence-electron chi connectivity index (χ1n) is 10.6. The third-order valence-electron chi connectivity index (χ3n) is 5.84. The summed E-state index contributed by atoms with van der Waals surface area (Å²) in [5.41, 5.74) is 2.86. The number of carbonyl (C=O) groups is 3. The van der Waals surface area contributed by atoms with Gasteiger partial charge in [-0.05, 0) is 43.9 Å². The van der Waals surface area contributed by atoms with E-state index >= 15 is 0 Å². The van der Waals surface area contributed by atoms with Gasteiger partial charge in [-0.3, -0.25) is 14.4 Å². The van der Waals surface area contributed by atoms with Gasteiger partial charge in [0.05, 0.1) is 0 Å². The molecule has 2 aliphatic heterocycles. The van der Waals surface area contributed by atoms with Gasteiger partial charge in [0.25, 0.3) is 5.91 Å². The lowest BCUT2D eigenvalue weighted by atomic mass is 10.1. The van der Waals surface area contributed by atoms with Crippen molar-refractivity contribution in [1.29, 1.82) is 0 Å². The number of nitrogens with zero attached hydrogens (tertiary/aromatic N) is 1. The van der Waals surface area contributed by atoms with Crippen LogP contribution in [0.4, 0.5) is 0 Å². The number of aryl methyl sites for hydroxylation is 1. The Balaban J connectivity index is 1.29. The minimum absolute atomic E-state index is 0.00636. The van der Waals surface area contributed by atoms with E-state index in [-0.39, 0.29) is 29.1 Å². The summed E-state index contributed by atoms with van der Waals surface area (Å²) in [4.78, 5) is 39.9. The SMILES string of the molecule is CC(CCc1ccccc1)NC(=O)C(C)NC(=O)C1CSC2c3ccccc3C(=O)N12. The normalized spacial score (nSPS) is 21.2. The molecule has 2 N–H and O–H groups in total. The van der Waals surface area contributed by atoms with Crippen LogP contribution < -0.4 is 10.6 Å². The lowest BCUT2D eigenvalue weighted by molar-refractivity contribution is -0.130. The molecule has 7 heteroatoms. The van der Waals surface area contributed by atoms with Gasteiger partial charge in [-0.2, -0.15) is 0 Å². The molecule has 6 nitrogen and oxygen atoms in total. The predicted octanol–water partition coefficient (Wildman–Crippen LogP) is 2.90. The van der Waals surface area contributed by atoms with Gasteiger partial charge in [0, 0.05) is 17.4 Å². The zero-order valence-electron chi connectivity index (χ0n) is 17.7. The summed E-state index contributed by atoms with van der Waals surface area (Å²) in [5, 5.41) is 5.65. The average Bonchev–Trinajstić information content (AvgIpc) is 3.33. The van der Waals surface area contributed by atoms with Gasteiger partial charge in [-0.15, -0.1) is 11.8 Å². The van der Waals surface area contributed by atoms with Crippen LogP contribution >= 0.6 is 11.8 Å². The number of benzene rings is 2. The average molecular weight is 438 g/mol. The van der Waals surface area contributed by atoms with E-state index in [4.69, 9.17) is 0 Å². The first kappa shape index (κ1) is 21.4. The summed E-state index contributed by atoms with van der Waals surface area (Å²) in [6.07, 6.45) is 1.69. The van der Waals surface area contributed by atoms with E-state index in [9.17, 15) is 14.4 Å². The predicted molar refractivity (Wildman–Crippen MR) is 122 cm³/mol. The van der Waals surface area contributed by atoms with Crippen molar-refractivity contribution in [2.75, 3.05) is 5.75 Å². The van der Waals surface area contributed by atoms with Gasteiger partial charge in [0.1, 0.15) is 17.5 Å². The Hall–Kier alpha value is -2.80. The Morgan fingerprint density at radius 1 is 1.06 bits per heavy atom. The van der Waals surface area contributed by atoms with Gasteiger partial charge >= 0.3 is 0 Å². The van der Waals surface area contributed by atoms with E-state index in [1.165, 1.54) is 5.56 Å². The van der Waals surface area contributed by atoms with Gasteiger partial charge < -0.3 is 15.5 Å². The summed E-state index contributed by atoms with van der Waals surface area (Å²) >= 11 is 1.59. The number of nitrogens with one attached hydrogen (secondary N) is 2. The Labute approximate surface area is 186 Å². The van der Waals surface area contributed by atoms with Crippen LogP contribution in [-0.2, 0) is 16.0 Å². The summed E-state index contributed by atoms with van der Waals surface area (Å²) in [7, 11) is 0. The van der Waals surface area contributed by atoms with Crippen LogP contribution in [0, 0.1) is 0 Å². The summed E-state index contributed by atoms with van der Waals surface area (Å²) in [6, 6.07) is 16.4. The lowest BCUT2D eigenvalue weighted by Gasteiger charge is -2.25. The monoisotopic (exact) mass is 437 g/mol. The molecule has 0 saturated carbocycles. The minimum atomic E-state index is -0.671. The van der Waals surface area contributed by atoms with Crippen LogP contribution in [-0.4, -0.2) is 46.5 Å². The molecule has 4 atom stereocenters. The van der Waals surface area contributed by atoms with Gasteiger partial charge in [-0.25, -0.2) is 0 Å². The van der Waals surface area contributed by atoms with E-state index in [2.05, 4.69) is 22.8 Å². The molecule has 0 spiro atoms. The second kappa shape index (κ2) is 9.14. The van der Waals surface area contributed by atoms with Crippen LogP contribution in [0.25, 0.3) is 0 Å². The third kappa shape index (κ3) is 4.46. The summed E-state index contributed by atoms with van der Waals surface area (Å²) < 4.78 is 0. The van der Waals surface area contributed by atoms with Crippen molar-refractivity contribution >= 4 is 29.5 Å². The molecule has 3 amide bonds. The maximum Gasteiger partial charge on any atom is 0.256 e. The van der Waals surface area contributed by atoms with Gasteiger partial charge in [-0.1, -0.05) is 48.5 Å². The largest absolute Gasteiger partial charge is 0.352 e. The molecule has 0 aliphatic carbocycles. The summed E-state index contributed by atoms with van der Waals surface area (Å²) in [6.45, 7) is 3.64. The molecule has 2 aromatic carbocycles. The smallest absolute Gasteiger partial charge is 0.256 e. The van der Waals surface area contributed by atoms with Crippen molar-refractivity contribution in [3.8, 4) is 0 Å². The topological polar surface area (TPSA) is 78.5 Å². The van der Waals surface area contributed by atoms with Crippen molar-refractivity contribution in [2.24, 2.45) is 0 Å². The standard InChI is InChI=1S/C24H27N3O3S/c1-15(12-13-17-8-4-3-5-9-17)25-21(28)16(2)26-22(29)20-14-31-24-19-11-7-6-10-18(19)23(30)27(20)24/h3-11,15-16,20,24H,12-14H2,1-2H3,(H,25,28)(H,26,29). The third-order valence-corrected chi connectivity index (χ3v) is 7.15. The number of rotatable bonds is 7. The first-order chi connectivity index (χ1) is 15.0. The lowest BCUT2D eigenvalue weighted by Crippen LogP contribution is -2.53. The second-order valence-electron chi connectivity index (χ2n) is 8.17. The Bertz CT molecular complexity index is 981. The van der Waals surface area contributed by atoms with Gasteiger partial charge in [0.15, 0.2) is 0 Å². The van der Waals surface area contributed by atoms with Crippen molar-refractivity contribution in [2.45, 2.75) is 50.2 Å². The number of carbonyl (C=O) groups excluding carboxylic acids is 3. The Morgan fingerprint density at radius 3 is 2.55 bits per heavy atom. The molecular weight excluding hydrogens is 410 g/mol. The van der Waals surface area contributed by atoms with E-state index < -0.39 is 12.1 Å². The highest BCUT2D eigenvalue weighted by Gasteiger charge is 2.48. The molecule has 1 fully saturated rings. The van der Waals surface area contributed by atoms with E-state index in [0.29, 0.717) is 11.3 Å². The highest BCUT2D eigenvalue weighted by Crippen LogP contribution is 2.48. The van der Waals surface area contributed by atoms with Crippen molar-refractivity contribution in [3.05, 3.63) is 71.3 Å². The molecule has 4 rings (SSSR count). The van der Waals surface area contributed by atoms with Crippen LogP contribution in [0.15, 0.2) is 54.6 Å². The zero-order valence-corrected chi connectivity index (χ0v) is 18.5. The molecule has 0 aromatic heterocycles. The number of amides is 3. The zero-order chi connectivity index (χ0) is 22.0. The maximum absolute atomic E-state index is 12.9. The summed E-state index contributed by atoms with van der Waals surface area (Å²) in [5.74, 6) is -0.0847. The highest BCUT2D eigenvalue weighted by molar-refractivity contribution is 7.99. The van der Waals surface area contributed by atoms with E-state index in [1.54, 1.807) is 29.7 Å². The minimum Gasteiger partial charge on any atom is -0.352 e. The molecule has 31 heavy (non-hydrogen) atoms. The number of hydrogen-bond donors (Lipinski definition) is 2. The Kier molecular flexibility index (Phi) is 6.32. The molecule has 2 heterocycles. The van der Waals surface area contributed by atoms with Crippen molar-refractivity contribution in [3.63, 3.8) is 0 Å². The van der Waals surface area contributed by atoms with Crippen LogP contribution in [0.1, 0.15) is 47.1 Å². The molecule has 1 saturated heterocycles. The maximum atomic E-state index is 12.9. The number of thioether (sulfide) groups is 1. The molecular formula is C24H27N3O3S.